The van der Waals surface area contributed by atoms with Gasteiger partial charge in [0.1, 0.15) is 0 Å². The fraction of sp³-hybridized carbons (Fsp3) is 0.0500. The molecule has 5 rings (SSSR count). The van der Waals surface area contributed by atoms with Crippen LogP contribution in [0.4, 0.5) is 0 Å². The van der Waals surface area contributed by atoms with Gasteiger partial charge in [0.25, 0.3) is 0 Å². The molecule has 0 amide bonds. The third-order valence-corrected chi connectivity index (χ3v) is 4.70. The number of benzene rings is 3. The smallest absolute Gasteiger partial charge is 0.182 e. The van der Waals surface area contributed by atoms with Crippen LogP contribution < -0.4 is 5.43 Å². The van der Waals surface area contributed by atoms with E-state index in [4.69, 9.17) is 0 Å². The standard InChI is InChI=1S/C20H14N2O/c1-22-17-9-5-3-7-14(17)19-13-6-2-4-8-15(13)21-16-10-12(23)11-18(22)20(16)19/h2-11,21H,1H3. The van der Waals surface area contributed by atoms with Crippen molar-refractivity contribution in [2.75, 3.05) is 0 Å². The molecule has 0 bridgehead atoms. The lowest BCUT2D eigenvalue weighted by atomic mass is 9.98. The van der Waals surface area contributed by atoms with Crippen LogP contribution in [0.2, 0.25) is 0 Å². The predicted octanol–water partition coefficient (Wildman–Crippen LogP) is 4.33. The Labute approximate surface area is 131 Å². The van der Waals surface area contributed by atoms with Gasteiger partial charge in [0.2, 0.25) is 0 Å². The van der Waals surface area contributed by atoms with Gasteiger partial charge >= 0.3 is 0 Å². The van der Waals surface area contributed by atoms with E-state index in [2.05, 4.69) is 45.9 Å². The van der Waals surface area contributed by atoms with E-state index in [1.54, 1.807) is 12.1 Å². The molecule has 2 heterocycles. The van der Waals surface area contributed by atoms with Crippen LogP contribution in [0.1, 0.15) is 0 Å². The monoisotopic (exact) mass is 298 g/mol. The van der Waals surface area contributed by atoms with E-state index >= 15 is 0 Å². The normalized spacial score (nSPS) is 11.9. The van der Waals surface area contributed by atoms with E-state index in [1.807, 2.05) is 19.2 Å². The van der Waals surface area contributed by atoms with Crippen molar-refractivity contribution in [3.63, 3.8) is 0 Å². The van der Waals surface area contributed by atoms with Gasteiger partial charge in [-0.05, 0) is 12.1 Å². The summed E-state index contributed by atoms with van der Waals surface area (Å²) in [6.45, 7) is 0. The topological polar surface area (TPSA) is 37.8 Å². The number of aromatic nitrogens is 2. The summed E-state index contributed by atoms with van der Waals surface area (Å²) in [5.74, 6) is 0. The maximum absolute atomic E-state index is 12.1. The van der Waals surface area contributed by atoms with Gasteiger partial charge in [0.15, 0.2) is 5.43 Å². The van der Waals surface area contributed by atoms with E-state index in [0.717, 1.165) is 27.5 Å². The molecule has 2 aromatic heterocycles. The maximum Gasteiger partial charge on any atom is 0.182 e. The number of aromatic amines is 1. The second-order valence-corrected chi connectivity index (χ2v) is 5.99. The van der Waals surface area contributed by atoms with Gasteiger partial charge in [-0.2, -0.15) is 0 Å². The second kappa shape index (κ2) is 4.23. The summed E-state index contributed by atoms with van der Waals surface area (Å²) in [4.78, 5) is 15.6. The summed E-state index contributed by atoms with van der Waals surface area (Å²) in [5.41, 5.74) is 4.05. The van der Waals surface area contributed by atoms with Crippen molar-refractivity contribution in [2.45, 2.75) is 0 Å². The number of hydrogen-bond acceptors (Lipinski definition) is 1. The molecule has 0 saturated heterocycles. The molecule has 0 aliphatic heterocycles. The Morgan fingerprint density at radius 3 is 2.39 bits per heavy atom. The summed E-state index contributed by atoms with van der Waals surface area (Å²) in [5, 5.41) is 4.71. The quantitative estimate of drug-likeness (QED) is 0.335. The number of H-pyrrole nitrogens is 1. The third-order valence-electron chi connectivity index (χ3n) is 4.70. The molecule has 23 heavy (non-hydrogen) atoms. The maximum atomic E-state index is 12.1. The lowest BCUT2D eigenvalue weighted by Gasteiger charge is -2.16. The zero-order valence-electron chi connectivity index (χ0n) is 12.6. The van der Waals surface area contributed by atoms with Gasteiger partial charge in [-0.25, -0.2) is 0 Å². The number of rotatable bonds is 0. The minimum Gasteiger partial charge on any atom is -0.354 e. The average Bonchev–Trinajstić information content (AvgIpc) is 2.58. The summed E-state index contributed by atoms with van der Waals surface area (Å²) in [7, 11) is 2.02. The number of aryl methyl sites for hydroxylation is 1. The van der Waals surface area contributed by atoms with Crippen LogP contribution in [0, 0.1) is 0 Å². The largest absolute Gasteiger partial charge is 0.354 e. The Morgan fingerprint density at radius 1 is 0.783 bits per heavy atom. The molecule has 0 fully saturated rings. The van der Waals surface area contributed by atoms with Crippen LogP contribution in [0.5, 0.6) is 0 Å². The van der Waals surface area contributed by atoms with Crippen molar-refractivity contribution in [1.82, 2.24) is 9.55 Å². The van der Waals surface area contributed by atoms with E-state index < -0.39 is 0 Å². The highest BCUT2D eigenvalue weighted by molar-refractivity contribution is 6.27. The molecule has 0 aliphatic carbocycles. The zero-order chi connectivity index (χ0) is 15.6. The number of pyridine rings is 2. The van der Waals surface area contributed by atoms with Crippen LogP contribution in [0.25, 0.3) is 43.6 Å². The first-order chi connectivity index (χ1) is 11.2. The fourth-order valence-corrected chi connectivity index (χ4v) is 3.70. The van der Waals surface area contributed by atoms with Crippen LogP contribution in [0.15, 0.2) is 65.5 Å². The molecule has 0 atom stereocenters. The molecule has 0 aliphatic rings. The molecule has 110 valence electrons. The average molecular weight is 298 g/mol. The van der Waals surface area contributed by atoms with E-state index in [-0.39, 0.29) is 5.43 Å². The fourth-order valence-electron chi connectivity index (χ4n) is 3.70. The number of nitrogens with one attached hydrogen (secondary N) is 1. The molecule has 0 saturated carbocycles. The van der Waals surface area contributed by atoms with Crippen LogP contribution in [-0.2, 0) is 7.05 Å². The van der Waals surface area contributed by atoms with E-state index in [9.17, 15) is 4.79 Å². The minimum atomic E-state index is 0.0243. The minimum absolute atomic E-state index is 0.0243. The molecular formula is C20H14N2O. The van der Waals surface area contributed by atoms with Gasteiger partial charge in [-0.1, -0.05) is 36.4 Å². The molecule has 5 aromatic rings. The van der Waals surface area contributed by atoms with Crippen LogP contribution in [0.3, 0.4) is 0 Å². The van der Waals surface area contributed by atoms with Gasteiger partial charge in [0.05, 0.1) is 11.0 Å². The number of fused-ring (bicyclic) bond motifs is 4. The molecule has 3 aromatic carbocycles. The first-order valence-corrected chi connectivity index (χ1v) is 7.66. The summed E-state index contributed by atoms with van der Waals surface area (Å²) in [6, 6.07) is 20.0. The lowest BCUT2D eigenvalue weighted by Crippen LogP contribution is -2.05. The first kappa shape index (κ1) is 12.5. The molecule has 1 N–H and O–H groups in total. The Hall–Kier alpha value is -3.07. The summed E-state index contributed by atoms with van der Waals surface area (Å²) >= 11 is 0. The van der Waals surface area contributed by atoms with Gasteiger partial charge in [-0.3, -0.25) is 4.79 Å². The number of para-hydroxylation sites is 2. The molecule has 3 nitrogen and oxygen atoms in total. The molecular weight excluding hydrogens is 284 g/mol. The molecule has 0 unspecified atom stereocenters. The first-order valence-electron chi connectivity index (χ1n) is 7.66. The van der Waals surface area contributed by atoms with Crippen molar-refractivity contribution in [1.29, 1.82) is 0 Å². The highest BCUT2D eigenvalue weighted by Crippen LogP contribution is 2.36. The Morgan fingerprint density at radius 2 is 1.52 bits per heavy atom. The van der Waals surface area contributed by atoms with Crippen molar-refractivity contribution < 1.29 is 0 Å². The van der Waals surface area contributed by atoms with Crippen molar-refractivity contribution in [3.8, 4) is 0 Å². The highest BCUT2D eigenvalue weighted by atomic mass is 16.1. The Balaban J connectivity index is 2.30. The van der Waals surface area contributed by atoms with Crippen molar-refractivity contribution in [2.24, 2.45) is 7.05 Å². The SMILES string of the molecule is Cn1c2ccccc2c2c3ccccc3[nH]c3cc(=O)cc1c32. The van der Waals surface area contributed by atoms with Crippen molar-refractivity contribution in [3.05, 3.63) is 70.9 Å². The molecule has 3 heteroatoms. The Bertz CT molecular complexity index is 1290. The second-order valence-electron chi connectivity index (χ2n) is 5.99. The van der Waals surface area contributed by atoms with Crippen LogP contribution >= 0.6 is 0 Å². The summed E-state index contributed by atoms with van der Waals surface area (Å²) in [6.07, 6.45) is 0. The van der Waals surface area contributed by atoms with Crippen LogP contribution in [-0.4, -0.2) is 9.55 Å². The lowest BCUT2D eigenvalue weighted by molar-refractivity contribution is 1.00. The predicted molar refractivity (Wildman–Crippen MR) is 96.1 cm³/mol. The number of nitrogens with zero attached hydrogens (tertiary/aromatic N) is 1. The van der Waals surface area contributed by atoms with Gasteiger partial charge in [0, 0.05) is 51.8 Å². The van der Waals surface area contributed by atoms with Crippen molar-refractivity contribution >= 4 is 43.6 Å². The zero-order valence-corrected chi connectivity index (χ0v) is 12.6. The Kier molecular flexibility index (Phi) is 2.29. The molecule has 0 spiro atoms. The highest BCUT2D eigenvalue weighted by Gasteiger charge is 2.14. The summed E-state index contributed by atoms with van der Waals surface area (Å²) < 4.78 is 2.11. The number of hydrogen-bond donors (Lipinski definition) is 1. The van der Waals surface area contributed by atoms with E-state index in [1.165, 1.54) is 16.2 Å². The third kappa shape index (κ3) is 1.56. The molecule has 0 radical (unpaired) electrons. The van der Waals surface area contributed by atoms with Gasteiger partial charge in [-0.15, -0.1) is 0 Å². The van der Waals surface area contributed by atoms with Gasteiger partial charge < -0.3 is 9.55 Å². The van der Waals surface area contributed by atoms with E-state index in [0.29, 0.717) is 0 Å².